The molecule has 0 spiro atoms. The van der Waals surface area contributed by atoms with Crippen molar-refractivity contribution in [3.05, 3.63) is 82.7 Å². The van der Waals surface area contributed by atoms with Crippen molar-refractivity contribution < 1.29 is 27.5 Å². The summed E-state index contributed by atoms with van der Waals surface area (Å²) in [5.74, 6) is -1.19. The van der Waals surface area contributed by atoms with Crippen LogP contribution in [0.5, 0.6) is 5.75 Å². The highest BCUT2D eigenvalue weighted by Gasteiger charge is 2.21. The van der Waals surface area contributed by atoms with Crippen molar-refractivity contribution in [1.82, 2.24) is 4.57 Å². The number of nitrogens with two attached hydrogens (primary N) is 1. The third-order valence-corrected chi connectivity index (χ3v) is 6.03. The summed E-state index contributed by atoms with van der Waals surface area (Å²) < 4.78 is 35.6. The highest BCUT2D eigenvalue weighted by molar-refractivity contribution is 7.89. The fraction of sp³-hybridized carbons (Fsp3) is 0.217. The zero-order valence-corrected chi connectivity index (χ0v) is 18.8. The molecule has 8 nitrogen and oxygen atoms in total. The Morgan fingerprint density at radius 2 is 1.72 bits per heavy atom. The van der Waals surface area contributed by atoms with E-state index in [0.29, 0.717) is 12.1 Å². The first-order chi connectivity index (χ1) is 15.1. The molecular formula is C23H24N2O6S. The van der Waals surface area contributed by atoms with E-state index in [1.54, 1.807) is 6.07 Å². The van der Waals surface area contributed by atoms with Crippen LogP contribution in [-0.4, -0.2) is 38.5 Å². The second kappa shape index (κ2) is 9.37. The molecule has 2 aromatic carbocycles. The molecule has 0 saturated heterocycles. The van der Waals surface area contributed by atoms with Crippen LogP contribution in [0.4, 0.5) is 0 Å². The molecule has 1 heterocycles. The number of esters is 1. The maximum Gasteiger partial charge on any atom is 0.338 e. The SMILES string of the molecule is COc1ccc(C(=O)OCC(=O)c2cc(C)n(Cc3ccccc3)c2C)cc1S(N)(=O)=O. The number of aryl methyl sites for hydroxylation is 1. The molecule has 0 aliphatic rings. The van der Waals surface area contributed by atoms with Gasteiger partial charge in [-0.05, 0) is 43.7 Å². The lowest BCUT2D eigenvalue weighted by molar-refractivity contribution is 0.0474. The second-order valence-corrected chi connectivity index (χ2v) is 8.80. The number of carbonyl (C=O) groups excluding carboxylic acids is 2. The number of hydrogen-bond donors (Lipinski definition) is 1. The number of sulfonamides is 1. The van der Waals surface area contributed by atoms with Crippen molar-refractivity contribution in [3.63, 3.8) is 0 Å². The molecular weight excluding hydrogens is 432 g/mol. The van der Waals surface area contributed by atoms with Crippen LogP contribution in [0.2, 0.25) is 0 Å². The number of ether oxygens (including phenoxy) is 2. The number of benzene rings is 2. The van der Waals surface area contributed by atoms with E-state index < -0.39 is 22.6 Å². The molecule has 1 aromatic heterocycles. The summed E-state index contributed by atoms with van der Waals surface area (Å²) in [6, 6.07) is 15.3. The van der Waals surface area contributed by atoms with E-state index in [1.165, 1.54) is 19.2 Å². The predicted molar refractivity (Wildman–Crippen MR) is 118 cm³/mol. The first-order valence-corrected chi connectivity index (χ1v) is 11.3. The first kappa shape index (κ1) is 23.2. The van der Waals surface area contributed by atoms with E-state index in [1.807, 2.05) is 48.7 Å². The summed E-state index contributed by atoms with van der Waals surface area (Å²) in [5.41, 5.74) is 3.19. The first-order valence-electron chi connectivity index (χ1n) is 9.73. The van der Waals surface area contributed by atoms with Crippen LogP contribution < -0.4 is 9.88 Å². The van der Waals surface area contributed by atoms with Gasteiger partial charge in [-0.2, -0.15) is 0 Å². The van der Waals surface area contributed by atoms with E-state index in [9.17, 15) is 18.0 Å². The van der Waals surface area contributed by atoms with Gasteiger partial charge in [-0.25, -0.2) is 18.4 Å². The van der Waals surface area contributed by atoms with Crippen molar-refractivity contribution in [2.24, 2.45) is 5.14 Å². The lowest BCUT2D eigenvalue weighted by Gasteiger charge is -2.10. The molecule has 0 radical (unpaired) electrons. The minimum atomic E-state index is -4.11. The Morgan fingerprint density at radius 1 is 1.03 bits per heavy atom. The Kier molecular flexibility index (Phi) is 6.81. The number of rotatable bonds is 8. The minimum absolute atomic E-state index is 0.00554. The summed E-state index contributed by atoms with van der Waals surface area (Å²) in [5, 5.41) is 5.17. The smallest absolute Gasteiger partial charge is 0.338 e. The fourth-order valence-corrected chi connectivity index (χ4v) is 4.13. The van der Waals surface area contributed by atoms with Gasteiger partial charge in [-0.15, -0.1) is 0 Å². The van der Waals surface area contributed by atoms with Gasteiger partial charge in [0.1, 0.15) is 10.6 Å². The molecule has 0 atom stereocenters. The normalized spacial score (nSPS) is 11.2. The van der Waals surface area contributed by atoms with Crippen LogP contribution in [0.15, 0.2) is 59.5 Å². The van der Waals surface area contributed by atoms with Crippen molar-refractivity contribution >= 4 is 21.8 Å². The second-order valence-electron chi connectivity index (χ2n) is 7.27. The standard InChI is InChI=1S/C23H24N2O6S/c1-15-11-19(16(2)25(15)13-17-7-5-4-6-8-17)20(26)14-31-23(27)18-9-10-21(30-3)22(12-18)32(24,28)29/h4-12H,13-14H2,1-3H3,(H2,24,28,29). The summed E-state index contributed by atoms with van der Waals surface area (Å²) in [7, 11) is -2.83. The van der Waals surface area contributed by atoms with Crippen LogP contribution in [0, 0.1) is 13.8 Å². The van der Waals surface area contributed by atoms with Crippen LogP contribution in [-0.2, 0) is 21.3 Å². The molecule has 0 aliphatic heterocycles. The van der Waals surface area contributed by atoms with Crippen molar-refractivity contribution in [2.45, 2.75) is 25.3 Å². The maximum absolute atomic E-state index is 12.7. The van der Waals surface area contributed by atoms with Crippen LogP contribution >= 0.6 is 0 Å². The van der Waals surface area contributed by atoms with Gasteiger partial charge in [0.25, 0.3) is 0 Å². The van der Waals surface area contributed by atoms with E-state index in [4.69, 9.17) is 14.6 Å². The number of ketones is 1. The molecule has 9 heteroatoms. The van der Waals surface area contributed by atoms with E-state index >= 15 is 0 Å². The van der Waals surface area contributed by atoms with E-state index in [0.717, 1.165) is 23.0 Å². The molecule has 3 aromatic rings. The zero-order chi connectivity index (χ0) is 23.5. The molecule has 0 bridgehead atoms. The Hall–Kier alpha value is -3.43. The van der Waals surface area contributed by atoms with Crippen molar-refractivity contribution in [1.29, 1.82) is 0 Å². The molecule has 3 rings (SSSR count). The summed E-state index contributed by atoms with van der Waals surface area (Å²) in [4.78, 5) is 24.8. The number of nitrogens with zero attached hydrogens (tertiary/aromatic N) is 1. The van der Waals surface area contributed by atoms with Gasteiger partial charge in [0, 0.05) is 23.5 Å². The summed E-state index contributed by atoms with van der Waals surface area (Å²) >= 11 is 0. The zero-order valence-electron chi connectivity index (χ0n) is 18.0. The van der Waals surface area contributed by atoms with Crippen molar-refractivity contribution in [3.8, 4) is 5.75 Å². The van der Waals surface area contributed by atoms with E-state index in [2.05, 4.69) is 0 Å². The molecule has 0 unspecified atom stereocenters. The monoisotopic (exact) mass is 456 g/mol. The van der Waals surface area contributed by atoms with Gasteiger partial charge in [0.15, 0.2) is 6.61 Å². The molecule has 0 saturated carbocycles. The quantitative estimate of drug-likeness (QED) is 0.411. The third kappa shape index (κ3) is 5.06. The Bertz CT molecular complexity index is 1260. The molecule has 0 fully saturated rings. The molecule has 0 aliphatic carbocycles. The van der Waals surface area contributed by atoms with Gasteiger partial charge < -0.3 is 14.0 Å². The van der Waals surface area contributed by atoms with Gasteiger partial charge >= 0.3 is 5.97 Å². The van der Waals surface area contributed by atoms with Crippen LogP contribution in [0.1, 0.15) is 37.7 Å². The average Bonchev–Trinajstić information content (AvgIpc) is 3.05. The number of Topliss-reactive ketones (excluding diaryl/α,β-unsaturated/α-hetero) is 1. The highest BCUT2D eigenvalue weighted by atomic mass is 32.2. The van der Waals surface area contributed by atoms with Gasteiger partial charge in [0.05, 0.1) is 12.7 Å². The van der Waals surface area contributed by atoms with Gasteiger partial charge in [0.2, 0.25) is 15.8 Å². The minimum Gasteiger partial charge on any atom is -0.495 e. The fourth-order valence-electron chi connectivity index (χ4n) is 3.41. The van der Waals surface area contributed by atoms with Crippen LogP contribution in [0.25, 0.3) is 0 Å². The van der Waals surface area contributed by atoms with Gasteiger partial charge in [-0.1, -0.05) is 30.3 Å². The number of methoxy groups -OCH3 is 1. The summed E-state index contributed by atoms with van der Waals surface area (Å²) in [6.07, 6.45) is 0. The highest BCUT2D eigenvalue weighted by Crippen LogP contribution is 2.24. The Balaban J connectivity index is 1.74. The number of aromatic nitrogens is 1. The number of primary sulfonamides is 1. The lowest BCUT2D eigenvalue weighted by atomic mass is 10.1. The lowest BCUT2D eigenvalue weighted by Crippen LogP contribution is -2.17. The average molecular weight is 457 g/mol. The number of hydrogen-bond acceptors (Lipinski definition) is 6. The molecule has 2 N–H and O–H groups in total. The van der Waals surface area contributed by atoms with Gasteiger partial charge in [-0.3, -0.25) is 4.79 Å². The Morgan fingerprint density at radius 3 is 2.34 bits per heavy atom. The molecule has 32 heavy (non-hydrogen) atoms. The molecule has 0 amide bonds. The van der Waals surface area contributed by atoms with E-state index in [-0.39, 0.29) is 22.0 Å². The predicted octanol–water partition coefficient (Wildman–Crippen LogP) is 2.85. The van der Waals surface area contributed by atoms with Crippen LogP contribution in [0.3, 0.4) is 0 Å². The van der Waals surface area contributed by atoms with Crippen molar-refractivity contribution in [2.75, 3.05) is 13.7 Å². The summed E-state index contributed by atoms with van der Waals surface area (Å²) in [6.45, 7) is 3.89. The topological polar surface area (TPSA) is 118 Å². The Labute approximate surface area is 186 Å². The third-order valence-electron chi connectivity index (χ3n) is 5.10. The maximum atomic E-state index is 12.7. The largest absolute Gasteiger partial charge is 0.495 e. The molecule has 168 valence electrons. The number of carbonyl (C=O) groups is 2.